The zero-order chi connectivity index (χ0) is 16.5. The van der Waals surface area contributed by atoms with E-state index in [4.69, 9.17) is 0 Å². The molecule has 1 aromatic rings. The molecule has 0 spiro atoms. The van der Waals surface area contributed by atoms with Crippen molar-refractivity contribution in [1.29, 1.82) is 0 Å². The number of benzene rings is 1. The van der Waals surface area contributed by atoms with Crippen LogP contribution in [0.1, 0.15) is 32.3 Å². The Morgan fingerprint density at radius 1 is 1.09 bits per heavy atom. The molecule has 1 amide bonds. The first kappa shape index (κ1) is 18.0. The Balaban J connectivity index is 1.61. The van der Waals surface area contributed by atoms with Gasteiger partial charge in [0.1, 0.15) is 0 Å². The van der Waals surface area contributed by atoms with Crippen molar-refractivity contribution >= 4 is 5.91 Å². The van der Waals surface area contributed by atoms with Crippen LogP contribution in [0.15, 0.2) is 30.3 Å². The smallest absolute Gasteiger partial charge is 0.223 e. The molecule has 1 aromatic carbocycles. The fourth-order valence-corrected chi connectivity index (χ4v) is 2.87. The van der Waals surface area contributed by atoms with E-state index in [0.29, 0.717) is 12.3 Å². The maximum Gasteiger partial charge on any atom is 0.223 e. The monoisotopic (exact) mass is 317 g/mol. The fraction of sp³-hybridized carbons (Fsp3) is 0.632. The van der Waals surface area contributed by atoms with Crippen molar-refractivity contribution in [3.8, 4) is 0 Å². The molecule has 1 aliphatic heterocycles. The highest BCUT2D eigenvalue weighted by Gasteiger charge is 2.20. The Hall–Kier alpha value is -1.39. The van der Waals surface area contributed by atoms with Gasteiger partial charge in [-0.05, 0) is 24.4 Å². The topological polar surface area (TPSA) is 35.6 Å². The summed E-state index contributed by atoms with van der Waals surface area (Å²) in [5.74, 6) is 1.01. The molecule has 23 heavy (non-hydrogen) atoms. The number of rotatable bonds is 8. The zero-order valence-corrected chi connectivity index (χ0v) is 14.6. The molecular formula is C19H31N3O. The normalized spacial score (nSPS) is 16.0. The van der Waals surface area contributed by atoms with Gasteiger partial charge in [0.05, 0.1) is 0 Å². The summed E-state index contributed by atoms with van der Waals surface area (Å²) in [7, 11) is 0. The highest BCUT2D eigenvalue weighted by atomic mass is 16.2. The number of nitrogens with zero attached hydrogens (tertiary/aromatic N) is 2. The number of nitrogens with one attached hydrogen (secondary N) is 1. The van der Waals surface area contributed by atoms with Crippen molar-refractivity contribution in [2.45, 2.75) is 33.2 Å². The lowest BCUT2D eigenvalue weighted by molar-refractivity contribution is -0.132. The van der Waals surface area contributed by atoms with Gasteiger partial charge in [-0.15, -0.1) is 0 Å². The van der Waals surface area contributed by atoms with E-state index < -0.39 is 0 Å². The molecule has 0 saturated carbocycles. The third kappa shape index (κ3) is 6.71. The minimum Gasteiger partial charge on any atom is -0.340 e. The largest absolute Gasteiger partial charge is 0.340 e. The molecule has 0 atom stereocenters. The molecule has 1 fully saturated rings. The van der Waals surface area contributed by atoms with Crippen LogP contribution in [0.5, 0.6) is 0 Å². The molecule has 1 N–H and O–H groups in total. The average molecular weight is 317 g/mol. The van der Waals surface area contributed by atoms with Gasteiger partial charge in [0, 0.05) is 45.7 Å². The van der Waals surface area contributed by atoms with Gasteiger partial charge in [0.2, 0.25) is 5.91 Å². The highest BCUT2D eigenvalue weighted by molar-refractivity contribution is 5.76. The maximum atomic E-state index is 12.2. The molecule has 0 aliphatic carbocycles. The molecule has 4 nitrogen and oxygen atoms in total. The minimum atomic E-state index is 0.293. The first-order chi connectivity index (χ1) is 11.1. The zero-order valence-electron chi connectivity index (χ0n) is 14.6. The van der Waals surface area contributed by atoms with Crippen LogP contribution in [0.3, 0.4) is 0 Å². The lowest BCUT2D eigenvalue weighted by Crippen LogP contribution is -2.48. The molecule has 0 bridgehead atoms. The quantitative estimate of drug-likeness (QED) is 0.748. The van der Waals surface area contributed by atoms with Crippen LogP contribution < -0.4 is 5.32 Å². The van der Waals surface area contributed by atoms with Crippen LogP contribution in [0.2, 0.25) is 0 Å². The number of piperazine rings is 1. The Morgan fingerprint density at radius 2 is 1.78 bits per heavy atom. The summed E-state index contributed by atoms with van der Waals surface area (Å²) >= 11 is 0. The Kier molecular flexibility index (Phi) is 7.56. The second-order valence-corrected chi connectivity index (χ2v) is 6.83. The summed E-state index contributed by atoms with van der Waals surface area (Å²) in [5.41, 5.74) is 1.35. The van der Waals surface area contributed by atoms with E-state index in [1.54, 1.807) is 0 Å². The van der Waals surface area contributed by atoms with Gasteiger partial charge in [-0.3, -0.25) is 9.69 Å². The summed E-state index contributed by atoms with van der Waals surface area (Å²) in [6, 6.07) is 10.6. The van der Waals surface area contributed by atoms with Crippen LogP contribution in [0.25, 0.3) is 0 Å². The van der Waals surface area contributed by atoms with E-state index in [1.165, 1.54) is 12.0 Å². The maximum absolute atomic E-state index is 12.2. The van der Waals surface area contributed by atoms with Gasteiger partial charge in [-0.25, -0.2) is 0 Å². The summed E-state index contributed by atoms with van der Waals surface area (Å²) in [4.78, 5) is 16.7. The van der Waals surface area contributed by atoms with E-state index in [9.17, 15) is 4.79 Å². The van der Waals surface area contributed by atoms with Crippen molar-refractivity contribution in [3.05, 3.63) is 35.9 Å². The highest BCUT2D eigenvalue weighted by Crippen LogP contribution is 2.09. The molecule has 1 aliphatic rings. The Morgan fingerprint density at radius 3 is 2.43 bits per heavy atom. The Bertz CT molecular complexity index is 453. The van der Waals surface area contributed by atoms with E-state index in [2.05, 4.69) is 54.4 Å². The van der Waals surface area contributed by atoms with Crippen LogP contribution >= 0.6 is 0 Å². The van der Waals surface area contributed by atoms with Gasteiger partial charge in [0.25, 0.3) is 0 Å². The summed E-state index contributed by atoms with van der Waals surface area (Å²) in [6.07, 6.45) is 1.79. The standard InChI is InChI=1S/C19H31N3O/c1-17(2)8-10-20-11-9-19(23)22-14-12-21(13-15-22)16-18-6-4-3-5-7-18/h3-7,17,20H,8-16H2,1-2H3. The number of amides is 1. The van der Waals surface area contributed by atoms with Gasteiger partial charge in [-0.1, -0.05) is 44.2 Å². The van der Waals surface area contributed by atoms with E-state index in [-0.39, 0.29) is 0 Å². The van der Waals surface area contributed by atoms with E-state index in [1.807, 2.05) is 4.90 Å². The van der Waals surface area contributed by atoms with Crippen molar-refractivity contribution in [2.24, 2.45) is 5.92 Å². The number of carbonyl (C=O) groups excluding carboxylic acids is 1. The van der Waals surface area contributed by atoms with Crippen LogP contribution in [0, 0.1) is 5.92 Å². The molecule has 2 rings (SSSR count). The van der Waals surface area contributed by atoms with Gasteiger partial charge < -0.3 is 10.2 Å². The molecule has 4 heteroatoms. The lowest BCUT2D eigenvalue weighted by atomic mass is 10.1. The molecule has 128 valence electrons. The first-order valence-corrected chi connectivity index (χ1v) is 8.90. The minimum absolute atomic E-state index is 0.293. The van der Waals surface area contributed by atoms with Gasteiger partial charge >= 0.3 is 0 Å². The molecular weight excluding hydrogens is 286 g/mol. The lowest BCUT2D eigenvalue weighted by Gasteiger charge is -2.34. The third-order valence-corrected chi connectivity index (χ3v) is 4.39. The molecule has 0 aromatic heterocycles. The van der Waals surface area contributed by atoms with Crippen LogP contribution in [-0.4, -0.2) is 55.0 Å². The first-order valence-electron chi connectivity index (χ1n) is 8.90. The number of hydrogen-bond acceptors (Lipinski definition) is 3. The van der Waals surface area contributed by atoms with Gasteiger partial charge in [-0.2, -0.15) is 0 Å². The summed E-state index contributed by atoms with van der Waals surface area (Å²) in [6.45, 7) is 10.9. The molecule has 1 heterocycles. The van der Waals surface area contributed by atoms with Crippen molar-refractivity contribution < 1.29 is 4.79 Å². The summed E-state index contributed by atoms with van der Waals surface area (Å²) in [5, 5.41) is 3.37. The average Bonchev–Trinajstić information content (AvgIpc) is 2.56. The SMILES string of the molecule is CC(C)CCNCCC(=O)N1CCN(Cc2ccccc2)CC1. The predicted octanol–water partition coefficient (Wildman–Crippen LogP) is 2.36. The predicted molar refractivity (Wildman–Crippen MR) is 95.2 cm³/mol. The van der Waals surface area contributed by atoms with Crippen LogP contribution in [-0.2, 0) is 11.3 Å². The van der Waals surface area contributed by atoms with Crippen LogP contribution in [0.4, 0.5) is 0 Å². The van der Waals surface area contributed by atoms with Gasteiger partial charge in [0.15, 0.2) is 0 Å². The second kappa shape index (κ2) is 9.68. The second-order valence-electron chi connectivity index (χ2n) is 6.83. The van der Waals surface area contributed by atoms with Crippen molar-refractivity contribution in [2.75, 3.05) is 39.3 Å². The number of hydrogen-bond donors (Lipinski definition) is 1. The van der Waals surface area contributed by atoms with Crippen molar-refractivity contribution in [1.82, 2.24) is 15.1 Å². The van der Waals surface area contributed by atoms with Crippen molar-refractivity contribution in [3.63, 3.8) is 0 Å². The fourth-order valence-electron chi connectivity index (χ4n) is 2.87. The molecule has 0 unspecified atom stereocenters. The number of carbonyl (C=O) groups is 1. The molecule has 1 saturated heterocycles. The third-order valence-electron chi connectivity index (χ3n) is 4.39. The van der Waals surface area contributed by atoms with E-state index in [0.717, 1.165) is 51.7 Å². The summed E-state index contributed by atoms with van der Waals surface area (Å²) < 4.78 is 0. The molecule has 0 radical (unpaired) electrons. The Labute approximate surface area is 140 Å². The van der Waals surface area contributed by atoms with E-state index >= 15 is 0 Å².